The zero-order valence-corrected chi connectivity index (χ0v) is 12.7. The number of hydrogen-bond donors (Lipinski definition) is 4. The number of benzene rings is 1. The van der Waals surface area contributed by atoms with Crippen LogP contribution in [0.4, 0.5) is 5.82 Å². The van der Waals surface area contributed by atoms with E-state index in [9.17, 15) is 4.57 Å². The number of aromatic nitrogens is 3. The van der Waals surface area contributed by atoms with Crippen LogP contribution in [-0.2, 0) is 4.57 Å². The predicted octanol–water partition coefficient (Wildman–Crippen LogP) is 2.56. The molecule has 3 aromatic rings. The van der Waals surface area contributed by atoms with Gasteiger partial charge in [0.25, 0.3) is 0 Å². The molecule has 0 aliphatic carbocycles. The largest absolute Gasteiger partial charge is 0.356 e. The average molecular weight is 318 g/mol. The molecule has 0 radical (unpaired) electrons. The first-order chi connectivity index (χ1) is 10.4. The summed E-state index contributed by atoms with van der Waals surface area (Å²) in [5.41, 5.74) is 2.87. The van der Waals surface area contributed by atoms with Gasteiger partial charge in [0.2, 0.25) is 0 Å². The summed E-state index contributed by atoms with van der Waals surface area (Å²) in [7, 11) is -4.17. The Bertz CT molecular complexity index is 841. The number of rotatable bonds is 4. The zero-order valence-electron chi connectivity index (χ0n) is 11.8. The van der Waals surface area contributed by atoms with Crippen LogP contribution in [0.2, 0.25) is 0 Å². The van der Waals surface area contributed by atoms with Crippen LogP contribution in [0.25, 0.3) is 22.0 Å². The van der Waals surface area contributed by atoms with E-state index < -0.39 is 13.4 Å². The van der Waals surface area contributed by atoms with Gasteiger partial charge in [0, 0.05) is 17.1 Å². The molecule has 1 aromatic carbocycles. The molecule has 0 saturated carbocycles. The molecule has 22 heavy (non-hydrogen) atoms. The lowest BCUT2D eigenvalue weighted by Crippen LogP contribution is -2.15. The molecular formula is C14H15N4O3P. The van der Waals surface area contributed by atoms with Crippen LogP contribution < -0.4 is 5.32 Å². The lowest BCUT2D eigenvalue weighted by molar-refractivity contribution is 0.364. The molecule has 2 aromatic heterocycles. The third kappa shape index (κ3) is 3.01. The highest BCUT2D eigenvalue weighted by Crippen LogP contribution is 2.40. The van der Waals surface area contributed by atoms with Crippen molar-refractivity contribution >= 4 is 24.3 Å². The van der Waals surface area contributed by atoms with E-state index in [0.717, 1.165) is 22.0 Å². The minimum atomic E-state index is -4.17. The molecule has 4 N–H and O–H groups in total. The van der Waals surface area contributed by atoms with Gasteiger partial charge in [-0.25, -0.2) is 4.98 Å². The van der Waals surface area contributed by atoms with Crippen molar-refractivity contribution in [3.63, 3.8) is 0 Å². The van der Waals surface area contributed by atoms with Crippen LogP contribution in [0.15, 0.2) is 42.7 Å². The Morgan fingerprint density at radius 1 is 1.18 bits per heavy atom. The van der Waals surface area contributed by atoms with E-state index in [-0.39, 0.29) is 0 Å². The van der Waals surface area contributed by atoms with Gasteiger partial charge in [-0.2, -0.15) is 5.10 Å². The van der Waals surface area contributed by atoms with Gasteiger partial charge in [-0.05, 0) is 36.8 Å². The SMILES string of the molecule is CC(Nc1ccc(-c2ccc3[nH]ncc3c2)cn1)P(=O)(O)O. The third-order valence-corrected chi connectivity index (χ3v) is 4.54. The summed E-state index contributed by atoms with van der Waals surface area (Å²) in [5.74, 6) is -0.558. The number of nitrogens with zero attached hydrogens (tertiary/aromatic N) is 2. The van der Waals surface area contributed by atoms with Crippen molar-refractivity contribution in [2.45, 2.75) is 12.7 Å². The minimum absolute atomic E-state index is 0.420. The first kappa shape index (κ1) is 14.7. The first-order valence-corrected chi connectivity index (χ1v) is 8.33. The van der Waals surface area contributed by atoms with E-state index in [2.05, 4.69) is 20.5 Å². The molecule has 1 unspecified atom stereocenters. The Hall–Kier alpha value is -2.21. The summed E-state index contributed by atoms with van der Waals surface area (Å²) in [6.07, 6.45) is 3.42. The van der Waals surface area contributed by atoms with Crippen LogP contribution in [0.3, 0.4) is 0 Å². The van der Waals surface area contributed by atoms with Gasteiger partial charge < -0.3 is 15.1 Å². The molecule has 0 spiro atoms. The van der Waals surface area contributed by atoms with E-state index in [1.807, 2.05) is 24.3 Å². The van der Waals surface area contributed by atoms with Gasteiger partial charge >= 0.3 is 7.60 Å². The highest BCUT2D eigenvalue weighted by molar-refractivity contribution is 7.52. The van der Waals surface area contributed by atoms with E-state index >= 15 is 0 Å². The van der Waals surface area contributed by atoms with Crippen LogP contribution in [-0.4, -0.2) is 30.8 Å². The Labute approximate surface area is 126 Å². The molecule has 1 atom stereocenters. The topological polar surface area (TPSA) is 111 Å². The molecule has 0 bridgehead atoms. The maximum atomic E-state index is 11.1. The van der Waals surface area contributed by atoms with Gasteiger partial charge in [0.15, 0.2) is 0 Å². The summed E-state index contributed by atoms with van der Waals surface area (Å²) >= 11 is 0. The fourth-order valence-electron chi connectivity index (χ4n) is 2.07. The first-order valence-electron chi connectivity index (χ1n) is 6.65. The van der Waals surface area contributed by atoms with Crippen LogP contribution in [0.1, 0.15) is 6.92 Å². The summed E-state index contributed by atoms with van der Waals surface area (Å²) in [6.45, 7) is 1.42. The lowest BCUT2D eigenvalue weighted by atomic mass is 10.1. The minimum Gasteiger partial charge on any atom is -0.356 e. The summed E-state index contributed by atoms with van der Waals surface area (Å²) in [5, 5.41) is 10.6. The standard InChI is InChI=1S/C14H15N4O3P/c1-9(22(19,20)21)17-14-5-3-11(7-15-14)10-2-4-13-12(6-10)8-16-18-13/h2-9H,1H3,(H,15,17)(H,16,18)(H2,19,20,21). The van der Waals surface area contributed by atoms with Crippen LogP contribution >= 0.6 is 7.60 Å². The molecule has 0 aliphatic heterocycles. The molecule has 3 rings (SSSR count). The van der Waals surface area contributed by atoms with Gasteiger partial charge in [0.05, 0.1) is 11.7 Å². The molecule has 0 aliphatic rings. The smallest absolute Gasteiger partial charge is 0.347 e. The number of aromatic amines is 1. The van der Waals surface area contributed by atoms with Gasteiger partial charge in [0.1, 0.15) is 11.6 Å². The fraction of sp³-hybridized carbons (Fsp3) is 0.143. The Morgan fingerprint density at radius 3 is 2.64 bits per heavy atom. The van der Waals surface area contributed by atoms with E-state index in [4.69, 9.17) is 9.79 Å². The molecule has 7 nitrogen and oxygen atoms in total. The van der Waals surface area contributed by atoms with Crippen molar-refractivity contribution in [2.24, 2.45) is 0 Å². The van der Waals surface area contributed by atoms with Crippen molar-refractivity contribution in [1.82, 2.24) is 15.2 Å². The summed E-state index contributed by atoms with van der Waals surface area (Å²) in [4.78, 5) is 22.3. The van der Waals surface area contributed by atoms with Crippen molar-refractivity contribution < 1.29 is 14.4 Å². The Morgan fingerprint density at radius 2 is 1.95 bits per heavy atom. The fourth-order valence-corrected chi connectivity index (χ4v) is 2.37. The maximum Gasteiger partial charge on any atom is 0.347 e. The molecule has 8 heteroatoms. The monoisotopic (exact) mass is 318 g/mol. The molecular weight excluding hydrogens is 303 g/mol. The average Bonchev–Trinajstić information content (AvgIpc) is 2.94. The molecule has 114 valence electrons. The molecule has 0 fully saturated rings. The van der Waals surface area contributed by atoms with Crippen molar-refractivity contribution in [2.75, 3.05) is 5.32 Å². The summed E-state index contributed by atoms with van der Waals surface area (Å²) < 4.78 is 11.1. The zero-order chi connectivity index (χ0) is 15.7. The number of pyridine rings is 1. The lowest BCUT2D eigenvalue weighted by Gasteiger charge is -2.15. The number of fused-ring (bicyclic) bond motifs is 1. The quantitative estimate of drug-likeness (QED) is 0.550. The number of anilines is 1. The second-order valence-electron chi connectivity index (χ2n) is 5.01. The Balaban J connectivity index is 1.83. The normalized spacial score (nSPS) is 13.2. The highest BCUT2D eigenvalue weighted by Gasteiger charge is 2.23. The van der Waals surface area contributed by atoms with Crippen molar-refractivity contribution in [3.8, 4) is 11.1 Å². The number of H-pyrrole nitrogens is 1. The maximum absolute atomic E-state index is 11.1. The predicted molar refractivity (Wildman–Crippen MR) is 84.5 cm³/mol. The second-order valence-corrected chi connectivity index (χ2v) is 6.97. The second kappa shape index (κ2) is 5.53. The van der Waals surface area contributed by atoms with Crippen LogP contribution in [0, 0.1) is 0 Å². The van der Waals surface area contributed by atoms with Crippen molar-refractivity contribution in [1.29, 1.82) is 0 Å². The van der Waals surface area contributed by atoms with E-state index in [1.54, 1.807) is 18.5 Å². The molecule has 0 saturated heterocycles. The Kier molecular flexibility index (Phi) is 3.70. The van der Waals surface area contributed by atoms with Gasteiger partial charge in [-0.3, -0.25) is 9.66 Å². The molecule has 2 heterocycles. The van der Waals surface area contributed by atoms with Crippen LogP contribution in [0.5, 0.6) is 0 Å². The van der Waals surface area contributed by atoms with Gasteiger partial charge in [-0.15, -0.1) is 0 Å². The number of hydrogen-bond acceptors (Lipinski definition) is 4. The van der Waals surface area contributed by atoms with E-state index in [1.165, 1.54) is 6.92 Å². The molecule has 0 amide bonds. The highest BCUT2D eigenvalue weighted by atomic mass is 31.2. The van der Waals surface area contributed by atoms with E-state index in [0.29, 0.717) is 5.82 Å². The third-order valence-electron chi connectivity index (χ3n) is 3.40. The summed E-state index contributed by atoms with van der Waals surface area (Å²) in [6, 6.07) is 9.45. The van der Waals surface area contributed by atoms with Crippen molar-refractivity contribution in [3.05, 3.63) is 42.7 Å². The number of nitrogens with one attached hydrogen (secondary N) is 2. The van der Waals surface area contributed by atoms with Gasteiger partial charge in [-0.1, -0.05) is 6.07 Å².